The molecule has 0 aliphatic heterocycles. The van der Waals surface area contributed by atoms with Crippen LogP contribution in [0.15, 0.2) is 65.2 Å². The summed E-state index contributed by atoms with van der Waals surface area (Å²) in [6.45, 7) is 3.84. The lowest BCUT2D eigenvalue weighted by molar-refractivity contribution is -0.144. The van der Waals surface area contributed by atoms with E-state index in [2.05, 4.69) is 10.1 Å². The number of carbonyl (C=O) groups excluding carboxylic acids is 1. The lowest BCUT2D eigenvalue weighted by atomic mass is 9.91. The highest BCUT2D eigenvalue weighted by molar-refractivity contribution is 5.77. The zero-order chi connectivity index (χ0) is 28.0. The van der Waals surface area contributed by atoms with Crippen molar-refractivity contribution in [3.8, 4) is 28.3 Å². The molecule has 0 amide bonds. The molecule has 3 atom stereocenters. The first-order valence-electron chi connectivity index (χ1n) is 13.3. The topological polar surface area (TPSA) is 74.5 Å². The number of benzene rings is 3. The van der Waals surface area contributed by atoms with Crippen molar-refractivity contribution < 1.29 is 32.0 Å². The normalized spacial score (nSPS) is 19.8. The third-order valence-corrected chi connectivity index (χ3v) is 7.58. The van der Waals surface area contributed by atoms with E-state index in [9.17, 15) is 18.0 Å². The molecule has 0 spiro atoms. The van der Waals surface area contributed by atoms with Gasteiger partial charge in [0, 0.05) is 12.5 Å². The molecular weight excluding hydrogens is 521 g/mol. The van der Waals surface area contributed by atoms with Gasteiger partial charge < -0.3 is 14.0 Å². The van der Waals surface area contributed by atoms with Gasteiger partial charge in [0.2, 0.25) is 11.7 Å². The molecule has 6 rings (SSSR count). The first-order valence-corrected chi connectivity index (χ1v) is 13.3. The van der Waals surface area contributed by atoms with Crippen molar-refractivity contribution in [1.29, 1.82) is 0 Å². The Hall–Kier alpha value is -4.14. The second-order valence-electron chi connectivity index (χ2n) is 10.2. The summed E-state index contributed by atoms with van der Waals surface area (Å²) in [6.07, 6.45) is -3.07. The fourth-order valence-electron chi connectivity index (χ4n) is 5.59. The molecule has 6 nitrogen and oxygen atoms in total. The number of rotatable bonds is 7. The molecule has 2 aliphatic carbocycles. The van der Waals surface area contributed by atoms with Crippen LogP contribution in [0.4, 0.5) is 13.2 Å². The SMILES string of the molecule is CCOC(=O)[C@H]1C[C@@H]1c1ccc(O[C@@H]2CCc3c2ccc(C(F)(F)F)c3-c2ccc(-c3noc(C)n3)cc2)cc1. The highest BCUT2D eigenvalue weighted by atomic mass is 19.4. The highest BCUT2D eigenvalue weighted by Gasteiger charge is 2.45. The van der Waals surface area contributed by atoms with E-state index in [1.165, 1.54) is 6.07 Å². The molecule has 0 unspecified atom stereocenters. The molecule has 1 aromatic heterocycles. The minimum atomic E-state index is -4.51. The highest BCUT2D eigenvalue weighted by Crippen LogP contribution is 2.49. The molecule has 206 valence electrons. The van der Waals surface area contributed by atoms with Gasteiger partial charge in [-0.3, -0.25) is 4.79 Å². The van der Waals surface area contributed by atoms with E-state index < -0.39 is 11.7 Å². The predicted molar refractivity (Wildman–Crippen MR) is 141 cm³/mol. The second kappa shape index (κ2) is 10.1. The molecule has 0 radical (unpaired) electrons. The Balaban J connectivity index is 1.25. The van der Waals surface area contributed by atoms with Gasteiger partial charge in [-0.15, -0.1) is 0 Å². The van der Waals surface area contributed by atoms with Gasteiger partial charge in [-0.25, -0.2) is 0 Å². The van der Waals surface area contributed by atoms with Crippen LogP contribution in [0.5, 0.6) is 5.75 Å². The van der Waals surface area contributed by atoms with Crippen molar-refractivity contribution in [2.75, 3.05) is 6.61 Å². The van der Waals surface area contributed by atoms with Crippen molar-refractivity contribution in [2.45, 2.75) is 51.3 Å². The summed E-state index contributed by atoms with van der Waals surface area (Å²) in [5.41, 5.74) is 3.10. The Kier molecular flexibility index (Phi) is 6.60. The van der Waals surface area contributed by atoms with Crippen LogP contribution in [0.3, 0.4) is 0 Å². The van der Waals surface area contributed by atoms with Crippen LogP contribution in [0.25, 0.3) is 22.5 Å². The number of hydrogen-bond acceptors (Lipinski definition) is 6. The van der Waals surface area contributed by atoms with Crippen LogP contribution in [0.2, 0.25) is 0 Å². The molecule has 1 fully saturated rings. The van der Waals surface area contributed by atoms with Gasteiger partial charge in [-0.2, -0.15) is 18.2 Å². The van der Waals surface area contributed by atoms with E-state index >= 15 is 0 Å². The Labute approximate surface area is 229 Å². The first kappa shape index (κ1) is 26.1. The minimum Gasteiger partial charge on any atom is -0.486 e. The van der Waals surface area contributed by atoms with Gasteiger partial charge in [0.15, 0.2) is 0 Å². The summed E-state index contributed by atoms with van der Waals surface area (Å²) in [5, 5.41) is 3.89. The second-order valence-corrected chi connectivity index (χ2v) is 10.2. The number of nitrogens with zero attached hydrogens (tertiary/aromatic N) is 2. The average molecular weight is 549 g/mol. The van der Waals surface area contributed by atoms with Gasteiger partial charge in [0.1, 0.15) is 11.9 Å². The van der Waals surface area contributed by atoms with Crippen LogP contribution in [0, 0.1) is 12.8 Å². The average Bonchev–Trinajstić information content (AvgIpc) is 3.47. The van der Waals surface area contributed by atoms with Gasteiger partial charge in [-0.05, 0) is 78.1 Å². The van der Waals surface area contributed by atoms with Crippen molar-refractivity contribution in [2.24, 2.45) is 5.92 Å². The van der Waals surface area contributed by atoms with Crippen LogP contribution in [-0.2, 0) is 22.1 Å². The van der Waals surface area contributed by atoms with Crippen LogP contribution in [-0.4, -0.2) is 22.7 Å². The lowest BCUT2D eigenvalue weighted by Gasteiger charge is -2.20. The third-order valence-electron chi connectivity index (χ3n) is 7.58. The number of aromatic nitrogens is 2. The number of alkyl halides is 3. The van der Waals surface area contributed by atoms with Crippen molar-refractivity contribution in [1.82, 2.24) is 10.1 Å². The van der Waals surface area contributed by atoms with Gasteiger partial charge in [0.05, 0.1) is 18.1 Å². The van der Waals surface area contributed by atoms with E-state index in [1.807, 2.05) is 24.3 Å². The Morgan fingerprint density at radius 1 is 1.02 bits per heavy atom. The van der Waals surface area contributed by atoms with Gasteiger partial charge in [-0.1, -0.05) is 47.6 Å². The molecular formula is C31H27F3N2O4. The van der Waals surface area contributed by atoms with E-state index in [-0.39, 0.29) is 29.5 Å². The van der Waals surface area contributed by atoms with Gasteiger partial charge in [0.25, 0.3) is 0 Å². The molecule has 2 aliphatic rings. The van der Waals surface area contributed by atoms with E-state index in [0.717, 1.165) is 23.6 Å². The molecule has 4 aromatic rings. The number of esters is 1. The fourth-order valence-corrected chi connectivity index (χ4v) is 5.59. The van der Waals surface area contributed by atoms with E-state index in [1.54, 1.807) is 38.1 Å². The van der Waals surface area contributed by atoms with Crippen LogP contribution >= 0.6 is 0 Å². The Bertz CT molecular complexity index is 1540. The Morgan fingerprint density at radius 2 is 1.75 bits per heavy atom. The van der Waals surface area contributed by atoms with Gasteiger partial charge >= 0.3 is 12.1 Å². The van der Waals surface area contributed by atoms with Crippen LogP contribution in [0.1, 0.15) is 59.9 Å². The molecule has 40 heavy (non-hydrogen) atoms. The molecule has 0 saturated heterocycles. The molecule has 1 heterocycles. The minimum absolute atomic E-state index is 0.0972. The van der Waals surface area contributed by atoms with Crippen molar-refractivity contribution >= 4 is 5.97 Å². The number of hydrogen-bond donors (Lipinski definition) is 0. The fraction of sp³-hybridized carbons (Fsp3) is 0.323. The summed E-state index contributed by atoms with van der Waals surface area (Å²) < 4.78 is 58.8. The summed E-state index contributed by atoms with van der Waals surface area (Å²) in [7, 11) is 0. The maximum absolute atomic E-state index is 14.1. The number of halogens is 3. The quantitative estimate of drug-likeness (QED) is 0.223. The van der Waals surface area contributed by atoms with Crippen molar-refractivity contribution in [3.05, 3.63) is 88.8 Å². The molecule has 9 heteroatoms. The molecule has 3 aromatic carbocycles. The number of aryl methyl sites for hydroxylation is 1. The number of fused-ring (bicyclic) bond motifs is 1. The summed E-state index contributed by atoms with van der Waals surface area (Å²) in [6, 6.07) is 17.0. The zero-order valence-electron chi connectivity index (χ0n) is 22.0. The summed E-state index contributed by atoms with van der Waals surface area (Å²) in [5.74, 6) is 1.32. The third kappa shape index (κ3) is 4.96. The maximum Gasteiger partial charge on any atom is 0.417 e. The predicted octanol–water partition coefficient (Wildman–Crippen LogP) is 7.46. The molecule has 1 saturated carbocycles. The summed E-state index contributed by atoms with van der Waals surface area (Å²) >= 11 is 0. The number of carbonyl (C=O) groups is 1. The molecule has 0 bridgehead atoms. The molecule has 0 N–H and O–H groups in total. The Morgan fingerprint density at radius 3 is 2.40 bits per heavy atom. The lowest BCUT2D eigenvalue weighted by Crippen LogP contribution is -2.10. The van der Waals surface area contributed by atoms with E-state index in [0.29, 0.717) is 53.6 Å². The summed E-state index contributed by atoms with van der Waals surface area (Å²) in [4.78, 5) is 16.2. The standard InChI is InChI=1S/C31H27F3N2O4/c1-3-38-30(37)25-16-24(25)18-8-10-21(11-9-18)39-27-15-13-23-22(27)12-14-26(31(32,33)34)28(23)19-4-6-20(7-5-19)29-35-17(2)40-36-29/h4-12,14,24-25,27H,3,13,15-16H2,1-2H3/t24-,25+,27-/m1/s1. The van der Waals surface area contributed by atoms with Crippen molar-refractivity contribution in [3.63, 3.8) is 0 Å². The maximum atomic E-state index is 14.1. The van der Waals surface area contributed by atoms with Crippen LogP contribution < -0.4 is 4.74 Å². The number of ether oxygens (including phenoxy) is 2. The monoisotopic (exact) mass is 548 g/mol. The largest absolute Gasteiger partial charge is 0.486 e. The first-order chi connectivity index (χ1) is 19.2. The smallest absolute Gasteiger partial charge is 0.417 e. The zero-order valence-corrected chi connectivity index (χ0v) is 22.0. The van der Waals surface area contributed by atoms with E-state index in [4.69, 9.17) is 14.0 Å².